The molecule has 4 aromatic rings. The topological polar surface area (TPSA) is 37.7 Å². The Kier molecular flexibility index (Phi) is 7.39. The molecule has 0 radical (unpaired) electrons. The van der Waals surface area contributed by atoms with Gasteiger partial charge in [-0.1, -0.05) is 62.4 Å². The maximum Gasteiger partial charge on any atom is 0.0949 e. The standard InChI is InChI=1S/C36H39N3O/c1-25(2)23-37-24-27(4)36(39-16-18-40-19-17-39)32-12-8-26(3)30(21-32)10-9-28-6-5-7-31(20-28)35-34-22-33(36)13-11-29(34)14-15-38-35/h5-8,11-15,20-25H,9-10,16-19H2,1-4H3/b27-24+,37-23?. The first-order chi connectivity index (χ1) is 19.5. The van der Waals surface area contributed by atoms with Crippen molar-refractivity contribution in [1.29, 1.82) is 0 Å². The molecule has 0 spiro atoms. The molecular formula is C36H39N3O. The van der Waals surface area contributed by atoms with Crippen molar-refractivity contribution in [3.63, 3.8) is 0 Å². The largest absolute Gasteiger partial charge is 0.379 e. The van der Waals surface area contributed by atoms with E-state index in [0.29, 0.717) is 5.92 Å². The minimum atomic E-state index is -0.492. The molecule has 4 heteroatoms. The van der Waals surface area contributed by atoms with Crippen LogP contribution in [0.15, 0.2) is 89.7 Å². The number of aliphatic imine (C=N–C) groups is 1. The molecule has 1 atom stereocenters. The molecule has 40 heavy (non-hydrogen) atoms. The average molecular weight is 530 g/mol. The Balaban J connectivity index is 1.71. The van der Waals surface area contributed by atoms with Gasteiger partial charge in [-0.15, -0.1) is 0 Å². The molecule has 1 aliphatic carbocycles. The third-order valence-electron chi connectivity index (χ3n) is 8.54. The summed E-state index contributed by atoms with van der Waals surface area (Å²) in [7, 11) is 0. The first kappa shape index (κ1) is 26.6. The van der Waals surface area contributed by atoms with E-state index < -0.39 is 5.54 Å². The summed E-state index contributed by atoms with van der Waals surface area (Å²) in [6, 6.07) is 25.2. The third kappa shape index (κ3) is 4.80. The first-order valence-corrected chi connectivity index (χ1v) is 14.6. The van der Waals surface area contributed by atoms with E-state index in [2.05, 4.69) is 106 Å². The summed E-state index contributed by atoms with van der Waals surface area (Å²) in [5.41, 5.74) is 9.55. The molecule has 0 saturated carbocycles. The SMILES string of the molecule is C/C(=C\N=CC(C)C)C1(N2CCOCC2)c2ccc(C)c(c2)CCc2cccc(c2)-c2nccc3ccc1cc23. The summed E-state index contributed by atoms with van der Waals surface area (Å²) in [6.45, 7) is 12.0. The van der Waals surface area contributed by atoms with E-state index in [0.717, 1.165) is 44.8 Å². The molecule has 1 fully saturated rings. The molecule has 204 valence electrons. The van der Waals surface area contributed by atoms with Crippen LogP contribution in [-0.4, -0.2) is 42.4 Å². The monoisotopic (exact) mass is 529 g/mol. The molecular weight excluding hydrogens is 490 g/mol. The Hall–Kier alpha value is -3.60. The van der Waals surface area contributed by atoms with Crippen LogP contribution < -0.4 is 0 Å². The molecule has 1 saturated heterocycles. The highest BCUT2D eigenvalue weighted by molar-refractivity contribution is 5.95. The molecule has 1 unspecified atom stereocenters. The van der Waals surface area contributed by atoms with Crippen LogP contribution in [0.5, 0.6) is 0 Å². The Morgan fingerprint density at radius 1 is 0.975 bits per heavy atom. The van der Waals surface area contributed by atoms with Gasteiger partial charge in [-0.3, -0.25) is 14.9 Å². The van der Waals surface area contributed by atoms with Gasteiger partial charge in [0.2, 0.25) is 0 Å². The molecule has 6 bridgehead atoms. The lowest BCUT2D eigenvalue weighted by Crippen LogP contribution is -2.53. The number of hydrogen-bond acceptors (Lipinski definition) is 4. The Morgan fingerprint density at radius 3 is 2.60 bits per heavy atom. The fourth-order valence-corrected chi connectivity index (χ4v) is 6.50. The quantitative estimate of drug-likeness (QED) is 0.257. The highest BCUT2D eigenvalue weighted by Crippen LogP contribution is 2.45. The van der Waals surface area contributed by atoms with Crippen LogP contribution in [0.3, 0.4) is 0 Å². The summed E-state index contributed by atoms with van der Waals surface area (Å²) in [6.07, 6.45) is 8.04. The van der Waals surface area contributed by atoms with Crippen molar-refractivity contribution in [2.75, 3.05) is 26.3 Å². The maximum absolute atomic E-state index is 5.88. The Bertz CT molecular complexity index is 1600. The van der Waals surface area contributed by atoms with E-state index in [1.54, 1.807) is 0 Å². The van der Waals surface area contributed by atoms with Crippen LogP contribution in [0.2, 0.25) is 0 Å². The Morgan fingerprint density at radius 2 is 1.77 bits per heavy atom. The van der Waals surface area contributed by atoms with E-state index in [9.17, 15) is 0 Å². The zero-order valence-corrected chi connectivity index (χ0v) is 24.2. The second-order valence-electron chi connectivity index (χ2n) is 11.6. The number of aromatic nitrogens is 1. The molecule has 1 aromatic heterocycles. The van der Waals surface area contributed by atoms with Crippen molar-refractivity contribution in [3.8, 4) is 11.3 Å². The number of fused-ring (bicyclic) bond motifs is 6. The zero-order valence-electron chi connectivity index (χ0n) is 24.2. The smallest absolute Gasteiger partial charge is 0.0949 e. The summed E-state index contributed by atoms with van der Waals surface area (Å²) in [5, 5.41) is 2.38. The number of pyridine rings is 1. The highest BCUT2D eigenvalue weighted by Gasteiger charge is 2.43. The number of aryl methyl sites for hydroxylation is 3. The second-order valence-corrected chi connectivity index (χ2v) is 11.6. The van der Waals surface area contributed by atoms with Crippen molar-refractivity contribution in [2.45, 2.75) is 46.1 Å². The van der Waals surface area contributed by atoms with Crippen LogP contribution in [0.25, 0.3) is 22.0 Å². The lowest BCUT2D eigenvalue weighted by atomic mass is 9.74. The van der Waals surface area contributed by atoms with E-state index in [1.807, 2.05) is 12.4 Å². The molecule has 4 nitrogen and oxygen atoms in total. The van der Waals surface area contributed by atoms with E-state index >= 15 is 0 Å². The molecule has 0 N–H and O–H groups in total. The van der Waals surface area contributed by atoms with Gasteiger partial charge in [-0.25, -0.2) is 0 Å². The average Bonchev–Trinajstić information content (AvgIpc) is 2.97. The first-order valence-electron chi connectivity index (χ1n) is 14.6. The van der Waals surface area contributed by atoms with Crippen molar-refractivity contribution in [3.05, 3.63) is 113 Å². The van der Waals surface area contributed by atoms with Crippen LogP contribution >= 0.6 is 0 Å². The van der Waals surface area contributed by atoms with Gasteiger partial charge in [0.05, 0.1) is 24.4 Å². The fourth-order valence-electron chi connectivity index (χ4n) is 6.50. The number of benzene rings is 3. The van der Waals surface area contributed by atoms with Crippen LogP contribution in [0.4, 0.5) is 0 Å². The number of ether oxygens (including phenoxy) is 1. The number of hydrogen-bond donors (Lipinski definition) is 0. The summed E-state index contributed by atoms with van der Waals surface area (Å²) < 4.78 is 5.88. The highest BCUT2D eigenvalue weighted by atomic mass is 16.5. The predicted molar refractivity (Wildman–Crippen MR) is 166 cm³/mol. The van der Waals surface area contributed by atoms with E-state index in [1.165, 1.54) is 49.7 Å². The van der Waals surface area contributed by atoms with Crippen LogP contribution in [0, 0.1) is 12.8 Å². The summed E-state index contributed by atoms with van der Waals surface area (Å²) in [4.78, 5) is 12.4. The van der Waals surface area contributed by atoms with E-state index in [4.69, 9.17) is 14.7 Å². The van der Waals surface area contributed by atoms with Gasteiger partial charge >= 0.3 is 0 Å². The predicted octanol–water partition coefficient (Wildman–Crippen LogP) is 7.52. The zero-order chi connectivity index (χ0) is 27.7. The molecule has 3 aromatic carbocycles. The van der Waals surface area contributed by atoms with Gasteiger partial charge < -0.3 is 4.74 Å². The van der Waals surface area contributed by atoms with Gasteiger partial charge in [0.15, 0.2) is 0 Å². The van der Waals surface area contributed by atoms with Crippen molar-refractivity contribution in [2.24, 2.45) is 10.9 Å². The van der Waals surface area contributed by atoms with Crippen LogP contribution in [0.1, 0.15) is 48.6 Å². The minimum Gasteiger partial charge on any atom is -0.379 e. The van der Waals surface area contributed by atoms with Crippen molar-refractivity contribution in [1.82, 2.24) is 9.88 Å². The Labute approximate surface area is 238 Å². The van der Waals surface area contributed by atoms with Gasteiger partial charge in [-0.2, -0.15) is 0 Å². The molecule has 6 rings (SSSR count). The number of morpholine rings is 1. The maximum atomic E-state index is 5.88. The summed E-state index contributed by atoms with van der Waals surface area (Å²) >= 11 is 0. The lowest BCUT2D eigenvalue weighted by molar-refractivity contribution is 0.00108. The lowest BCUT2D eigenvalue weighted by Gasteiger charge is -2.47. The van der Waals surface area contributed by atoms with Gasteiger partial charge in [0.25, 0.3) is 0 Å². The van der Waals surface area contributed by atoms with Gasteiger partial charge in [0.1, 0.15) is 0 Å². The third-order valence-corrected chi connectivity index (χ3v) is 8.54. The van der Waals surface area contributed by atoms with Gasteiger partial charge in [0, 0.05) is 42.7 Å². The summed E-state index contributed by atoms with van der Waals surface area (Å²) in [5.74, 6) is 0.388. The number of rotatable bonds is 4. The minimum absolute atomic E-state index is 0.388. The molecule has 2 aliphatic rings. The molecule has 2 heterocycles. The van der Waals surface area contributed by atoms with Gasteiger partial charge in [-0.05, 0) is 89.6 Å². The second kappa shape index (κ2) is 11.1. The normalized spacial score (nSPS) is 20.1. The molecule has 0 amide bonds. The van der Waals surface area contributed by atoms with Crippen molar-refractivity contribution >= 4 is 17.0 Å². The van der Waals surface area contributed by atoms with Crippen LogP contribution in [-0.2, 0) is 23.1 Å². The number of nitrogens with zero attached hydrogens (tertiary/aromatic N) is 3. The molecule has 1 aliphatic heterocycles. The van der Waals surface area contributed by atoms with Crippen molar-refractivity contribution < 1.29 is 4.74 Å². The fraction of sp³-hybridized carbons (Fsp3) is 0.333. The van der Waals surface area contributed by atoms with E-state index in [-0.39, 0.29) is 0 Å².